The summed E-state index contributed by atoms with van der Waals surface area (Å²) in [7, 11) is 1.52. The molecule has 6 nitrogen and oxygen atoms in total. The lowest BCUT2D eigenvalue weighted by Gasteiger charge is -2.30. The standard InChI is InChI=1S/C22H21N3O3S/c1-22(19(26)25-20-24-10-11-29-20)13-15-12-16(28-21(27)23-2)8-9-17(15)18(22)14-6-4-3-5-7-14/h3-12,18H,13H2,1-2H3,(H,23,27)(H,24,25,26)/t18-,22+/m1/s1. The van der Waals surface area contributed by atoms with Gasteiger partial charge >= 0.3 is 6.09 Å². The summed E-state index contributed by atoms with van der Waals surface area (Å²) in [4.78, 5) is 29.1. The fourth-order valence-corrected chi connectivity index (χ4v) is 4.53. The first-order valence-corrected chi connectivity index (χ1v) is 10.2. The van der Waals surface area contributed by atoms with Gasteiger partial charge in [0.15, 0.2) is 5.13 Å². The van der Waals surface area contributed by atoms with Gasteiger partial charge in [0.1, 0.15) is 5.75 Å². The molecule has 1 aromatic heterocycles. The average Bonchev–Trinajstić information content (AvgIpc) is 3.33. The van der Waals surface area contributed by atoms with E-state index in [2.05, 4.69) is 15.6 Å². The molecule has 1 aliphatic carbocycles. The molecule has 1 heterocycles. The molecule has 0 aliphatic heterocycles. The maximum atomic E-state index is 13.4. The molecular weight excluding hydrogens is 386 g/mol. The van der Waals surface area contributed by atoms with Gasteiger partial charge in [-0.3, -0.25) is 4.79 Å². The zero-order valence-electron chi connectivity index (χ0n) is 16.1. The van der Waals surface area contributed by atoms with E-state index >= 15 is 0 Å². The molecule has 0 unspecified atom stereocenters. The van der Waals surface area contributed by atoms with Crippen LogP contribution in [0.3, 0.4) is 0 Å². The molecule has 148 valence electrons. The molecule has 7 heteroatoms. The van der Waals surface area contributed by atoms with Gasteiger partial charge in [-0.05, 0) is 42.2 Å². The van der Waals surface area contributed by atoms with Crippen molar-refractivity contribution in [1.29, 1.82) is 0 Å². The first kappa shape index (κ1) is 19.1. The Kier molecular flexibility index (Phi) is 5.07. The van der Waals surface area contributed by atoms with Crippen LogP contribution in [-0.2, 0) is 11.2 Å². The lowest BCUT2D eigenvalue weighted by Crippen LogP contribution is -2.37. The smallest absolute Gasteiger partial charge is 0.410 e. The van der Waals surface area contributed by atoms with E-state index < -0.39 is 11.5 Å². The number of carbonyl (C=O) groups excluding carboxylic acids is 2. The highest BCUT2D eigenvalue weighted by atomic mass is 32.1. The first-order chi connectivity index (χ1) is 14.0. The van der Waals surface area contributed by atoms with Crippen LogP contribution in [0.1, 0.15) is 29.5 Å². The largest absolute Gasteiger partial charge is 0.412 e. The minimum atomic E-state index is -0.707. The van der Waals surface area contributed by atoms with Crippen molar-refractivity contribution in [3.8, 4) is 5.75 Å². The van der Waals surface area contributed by atoms with Crippen LogP contribution in [0, 0.1) is 5.41 Å². The second-order valence-electron chi connectivity index (χ2n) is 7.23. The van der Waals surface area contributed by atoms with Crippen LogP contribution in [0.25, 0.3) is 0 Å². The Morgan fingerprint density at radius 1 is 1.21 bits per heavy atom. The van der Waals surface area contributed by atoms with Crippen LogP contribution in [0.5, 0.6) is 5.75 Å². The number of ether oxygens (including phenoxy) is 1. The average molecular weight is 407 g/mol. The highest BCUT2D eigenvalue weighted by molar-refractivity contribution is 7.13. The van der Waals surface area contributed by atoms with E-state index in [4.69, 9.17) is 4.74 Å². The molecule has 0 spiro atoms. The van der Waals surface area contributed by atoms with Crippen LogP contribution < -0.4 is 15.4 Å². The Morgan fingerprint density at radius 2 is 2.00 bits per heavy atom. The Labute approximate surface area is 172 Å². The predicted molar refractivity (Wildman–Crippen MR) is 112 cm³/mol. The summed E-state index contributed by atoms with van der Waals surface area (Å²) >= 11 is 1.39. The van der Waals surface area contributed by atoms with Crippen molar-refractivity contribution in [3.63, 3.8) is 0 Å². The SMILES string of the molecule is CNC(=O)Oc1ccc2c(c1)C[C@](C)(C(=O)Nc1nccs1)[C@@H]2c1ccccc1. The van der Waals surface area contributed by atoms with Crippen molar-refractivity contribution in [3.05, 3.63) is 76.8 Å². The number of hydrogen-bond donors (Lipinski definition) is 2. The van der Waals surface area contributed by atoms with Crippen LogP contribution >= 0.6 is 11.3 Å². The number of carbonyl (C=O) groups is 2. The molecule has 0 saturated carbocycles. The van der Waals surface area contributed by atoms with Crippen molar-refractivity contribution in [1.82, 2.24) is 10.3 Å². The van der Waals surface area contributed by atoms with Gasteiger partial charge in [-0.1, -0.05) is 36.4 Å². The Bertz CT molecular complexity index is 1040. The van der Waals surface area contributed by atoms with Crippen LogP contribution in [-0.4, -0.2) is 24.0 Å². The molecule has 0 bridgehead atoms. The van der Waals surface area contributed by atoms with Crippen molar-refractivity contribution < 1.29 is 14.3 Å². The summed E-state index contributed by atoms with van der Waals surface area (Å²) in [6, 6.07) is 15.6. The van der Waals surface area contributed by atoms with Gasteiger partial charge in [-0.25, -0.2) is 9.78 Å². The van der Waals surface area contributed by atoms with E-state index in [0.29, 0.717) is 17.3 Å². The second-order valence-corrected chi connectivity index (χ2v) is 8.12. The predicted octanol–water partition coefficient (Wildman–Crippen LogP) is 4.19. The second kappa shape index (κ2) is 7.67. The summed E-state index contributed by atoms with van der Waals surface area (Å²) < 4.78 is 5.28. The van der Waals surface area contributed by atoms with Gasteiger partial charge in [-0.15, -0.1) is 11.3 Å². The highest BCUT2D eigenvalue weighted by Crippen LogP contribution is 2.52. The molecular formula is C22H21N3O3S. The summed E-state index contributed by atoms with van der Waals surface area (Å²) in [5.41, 5.74) is 2.43. The Morgan fingerprint density at radius 3 is 2.69 bits per heavy atom. The third-order valence-corrected chi connectivity index (χ3v) is 6.03. The number of anilines is 1. The molecule has 29 heavy (non-hydrogen) atoms. The number of thiazole rings is 1. The minimum Gasteiger partial charge on any atom is -0.410 e. The quantitative estimate of drug-likeness (QED) is 0.679. The van der Waals surface area contributed by atoms with E-state index in [1.54, 1.807) is 12.3 Å². The molecule has 0 radical (unpaired) electrons. The number of fused-ring (bicyclic) bond motifs is 1. The maximum absolute atomic E-state index is 13.4. The number of nitrogens with zero attached hydrogens (tertiary/aromatic N) is 1. The molecule has 2 aromatic carbocycles. The van der Waals surface area contributed by atoms with Crippen LogP contribution in [0.2, 0.25) is 0 Å². The third-order valence-electron chi connectivity index (χ3n) is 5.34. The lowest BCUT2D eigenvalue weighted by molar-refractivity contribution is -0.125. The van der Waals surface area contributed by atoms with Gasteiger partial charge < -0.3 is 15.4 Å². The maximum Gasteiger partial charge on any atom is 0.412 e. The fourth-order valence-electron chi connectivity index (χ4n) is 4.01. The lowest BCUT2D eigenvalue weighted by atomic mass is 9.73. The number of aromatic nitrogens is 1. The van der Waals surface area contributed by atoms with E-state index in [1.807, 2.05) is 54.8 Å². The summed E-state index contributed by atoms with van der Waals surface area (Å²) in [6.45, 7) is 1.98. The van der Waals surface area contributed by atoms with E-state index in [-0.39, 0.29) is 11.8 Å². The summed E-state index contributed by atoms with van der Waals surface area (Å²) in [5.74, 6) is 0.262. The van der Waals surface area contributed by atoms with Crippen molar-refractivity contribution in [2.75, 3.05) is 12.4 Å². The van der Waals surface area contributed by atoms with Crippen molar-refractivity contribution in [2.24, 2.45) is 5.41 Å². The molecule has 0 saturated heterocycles. The molecule has 2 amide bonds. The third kappa shape index (κ3) is 3.61. The zero-order chi connectivity index (χ0) is 20.4. The van der Waals surface area contributed by atoms with Gasteiger partial charge in [-0.2, -0.15) is 0 Å². The normalized spacial score (nSPS) is 20.0. The number of nitrogens with one attached hydrogen (secondary N) is 2. The molecule has 3 aromatic rings. The van der Waals surface area contributed by atoms with Crippen molar-refractivity contribution in [2.45, 2.75) is 19.3 Å². The molecule has 0 fully saturated rings. The zero-order valence-corrected chi connectivity index (χ0v) is 17.0. The number of rotatable bonds is 4. The van der Waals surface area contributed by atoms with Gasteiger partial charge in [0, 0.05) is 24.5 Å². The van der Waals surface area contributed by atoms with E-state index in [1.165, 1.54) is 18.4 Å². The topological polar surface area (TPSA) is 80.3 Å². The number of benzene rings is 2. The Balaban J connectivity index is 1.73. The van der Waals surface area contributed by atoms with Crippen LogP contribution in [0.4, 0.5) is 9.93 Å². The first-order valence-electron chi connectivity index (χ1n) is 9.29. The highest BCUT2D eigenvalue weighted by Gasteiger charge is 2.49. The van der Waals surface area contributed by atoms with Gasteiger partial charge in [0.25, 0.3) is 0 Å². The van der Waals surface area contributed by atoms with Crippen LogP contribution in [0.15, 0.2) is 60.1 Å². The number of amides is 2. The summed E-state index contributed by atoms with van der Waals surface area (Å²) in [6.07, 6.45) is 1.68. The Hall–Kier alpha value is -3.19. The fraction of sp³-hybridized carbons (Fsp3) is 0.227. The van der Waals surface area contributed by atoms with Gasteiger partial charge in [0.2, 0.25) is 5.91 Å². The molecule has 2 N–H and O–H groups in total. The minimum absolute atomic E-state index is 0.0775. The van der Waals surface area contributed by atoms with E-state index in [9.17, 15) is 9.59 Å². The molecule has 2 atom stereocenters. The number of hydrogen-bond acceptors (Lipinski definition) is 5. The monoisotopic (exact) mass is 407 g/mol. The molecule has 4 rings (SSSR count). The van der Waals surface area contributed by atoms with Crippen molar-refractivity contribution >= 4 is 28.5 Å². The van der Waals surface area contributed by atoms with E-state index in [0.717, 1.165) is 16.7 Å². The molecule has 1 aliphatic rings. The summed E-state index contributed by atoms with van der Waals surface area (Å²) in [5, 5.41) is 7.83. The van der Waals surface area contributed by atoms with Gasteiger partial charge in [0.05, 0.1) is 5.41 Å².